The molecule has 0 aliphatic heterocycles. The summed E-state index contributed by atoms with van der Waals surface area (Å²) in [5, 5.41) is 10.8. The highest BCUT2D eigenvalue weighted by atomic mass is 32.1. The van der Waals surface area contributed by atoms with Crippen molar-refractivity contribution in [1.82, 2.24) is 15.2 Å². The van der Waals surface area contributed by atoms with Gasteiger partial charge in [0.25, 0.3) is 5.91 Å². The molecule has 2 aromatic heterocycles. The summed E-state index contributed by atoms with van der Waals surface area (Å²) in [6.07, 6.45) is 0. The molecule has 1 amide bonds. The van der Waals surface area contributed by atoms with Crippen LogP contribution < -0.4 is 5.32 Å². The number of fused-ring (bicyclic) bond motifs is 1. The number of esters is 1. The maximum Gasteiger partial charge on any atom is 0.339 e. The van der Waals surface area contributed by atoms with Gasteiger partial charge in [-0.15, -0.1) is 16.4 Å². The largest absolute Gasteiger partial charge is 0.452 e. The quantitative estimate of drug-likeness (QED) is 0.365. The number of benzene rings is 3. The van der Waals surface area contributed by atoms with Gasteiger partial charge in [-0.25, -0.2) is 9.78 Å². The Morgan fingerprint density at radius 3 is 2.52 bits per heavy atom. The van der Waals surface area contributed by atoms with Gasteiger partial charge in [0, 0.05) is 11.1 Å². The number of hydrogen-bond donors (Lipinski definition) is 1. The summed E-state index contributed by atoms with van der Waals surface area (Å²) in [7, 11) is 0. The van der Waals surface area contributed by atoms with E-state index in [1.54, 1.807) is 18.2 Å². The lowest BCUT2D eigenvalue weighted by molar-refractivity contribution is -0.119. The van der Waals surface area contributed by atoms with Crippen molar-refractivity contribution in [2.75, 3.05) is 11.9 Å². The van der Waals surface area contributed by atoms with Gasteiger partial charge < -0.3 is 9.15 Å². The number of rotatable bonds is 6. The summed E-state index contributed by atoms with van der Waals surface area (Å²) < 4.78 is 11.7. The SMILES string of the molecule is O=C(COC(=O)c1ccccc1-c1nc2ccccc2s1)Nc1nnc(-c2ccccc2)o1. The second-order valence-corrected chi connectivity index (χ2v) is 7.97. The maximum atomic E-state index is 12.7. The van der Waals surface area contributed by atoms with E-state index >= 15 is 0 Å². The number of carbonyl (C=O) groups excluding carboxylic acids is 2. The summed E-state index contributed by atoms with van der Waals surface area (Å²) in [6.45, 7) is -0.504. The minimum absolute atomic E-state index is 0.0789. The standard InChI is InChI=1S/C24H16N4O4S/c29-20(26-24-28-27-21(32-24)15-8-2-1-3-9-15)14-31-23(30)17-11-5-4-10-16(17)22-25-18-12-6-7-13-19(18)33-22/h1-13H,14H2,(H,26,28,29). The van der Waals surface area contributed by atoms with Crippen LogP contribution in [0.2, 0.25) is 0 Å². The van der Waals surface area contributed by atoms with E-state index in [0.29, 0.717) is 16.1 Å². The molecular weight excluding hydrogens is 440 g/mol. The molecule has 0 fully saturated rings. The number of nitrogens with zero attached hydrogens (tertiary/aromatic N) is 3. The second kappa shape index (κ2) is 9.01. The zero-order valence-corrected chi connectivity index (χ0v) is 17.9. The van der Waals surface area contributed by atoms with Gasteiger partial charge in [0.2, 0.25) is 5.89 Å². The van der Waals surface area contributed by atoms with Crippen LogP contribution in [0.25, 0.3) is 32.2 Å². The Hall–Kier alpha value is -4.37. The molecule has 0 saturated carbocycles. The molecule has 0 aliphatic carbocycles. The molecular formula is C24H16N4O4S. The Morgan fingerprint density at radius 1 is 0.909 bits per heavy atom. The van der Waals surface area contributed by atoms with Crippen molar-refractivity contribution in [2.45, 2.75) is 0 Å². The zero-order chi connectivity index (χ0) is 22.6. The summed E-state index contributed by atoms with van der Waals surface area (Å²) in [5.74, 6) is -0.952. The van der Waals surface area contributed by atoms with Crippen molar-refractivity contribution in [3.63, 3.8) is 0 Å². The molecule has 5 rings (SSSR count). The van der Waals surface area contributed by atoms with Gasteiger partial charge in [-0.05, 0) is 30.3 Å². The predicted molar refractivity (Wildman–Crippen MR) is 124 cm³/mol. The molecule has 1 N–H and O–H groups in total. The van der Waals surface area contributed by atoms with E-state index in [4.69, 9.17) is 9.15 Å². The van der Waals surface area contributed by atoms with Gasteiger partial charge in [0.05, 0.1) is 15.8 Å². The predicted octanol–water partition coefficient (Wildman–Crippen LogP) is 4.81. The van der Waals surface area contributed by atoms with Gasteiger partial charge in [-0.3, -0.25) is 10.1 Å². The average molecular weight is 456 g/mol. The number of para-hydroxylation sites is 1. The van der Waals surface area contributed by atoms with Crippen LogP contribution in [0.5, 0.6) is 0 Å². The number of aromatic nitrogens is 3. The number of thiazole rings is 1. The normalized spacial score (nSPS) is 10.8. The molecule has 0 spiro atoms. The maximum absolute atomic E-state index is 12.7. The van der Waals surface area contributed by atoms with Gasteiger partial charge in [0.15, 0.2) is 6.61 Å². The van der Waals surface area contributed by atoms with Gasteiger partial charge in [-0.1, -0.05) is 53.6 Å². The fourth-order valence-corrected chi connectivity index (χ4v) is 4.18. The van der Waals surface area contributed by atoms with Crippen molar-refractivity contribution in [1.29, 1.82) is 0 Å². The van der Waals surface area contributed by atoms with Gasteiger partial charge in [0.1, 0.15) is 5.01 Å². The summed E-state index contributed by atoms with van der Waals surface area (Å²) in [5.41, 5.74) is 2.56. The number of ether oxygens (including phenoxy) is 1. The third kappa shape index (κ3) is 4.48. The fourth-order valence-electron chi connectivity index (χ4n) is 3.17. The highest BCUT2D eigenvalue weighted by molar-refractivity contribution is 7.21. The van der Waals surface area contributed by atoms with E-state index in [1.807, 2.05) is 60.7 Å². The Morgan fingerprint density at radius 2 is 1.67 bits per heavy atom. The number of nitrogens with one attached hydrogen (secondary N) is 1. The molecule has 0 unspecified atom stereocenters. The van der Waals surface area contributed by atoms with Crippen molar-refractivity contribution in [2.24, 2.45) is 0 Å². The van der Waals surface area contributed by atoms with E-state index in [-0.39, 0.29) is 11.9 Å². The van der Waals surface area contributed by atoms with Gasteiger partial charge >= 0.3 is 12.0 Å². The highest BCUT2D eigenvalue weighted by Gasteiger charge is 2.18. The smallest absolute Gasteiger partial charge is 0.339 e. The first kappa shape index (κ1) is 20.5. The Labute approximate surface area is 191 Å². The molecule has 3 aromatic carbocycles. The first-order valence-corrected chi connectivity index (χ1v) is 10.8. The van der Waals surface area contributed by atoms with Crippen LogP contribution in [-0.4, -0.2) is 33.7 Å². The molecule has 0 saturated heterocycles. The molecule has 0 atom stereocenters. The molecule has 5 aromatic rings. The van der Waals surface area contributed by atoms with Crippen LogP contribution in [0, 0.1) is 0 Å². The lowest BCUT2D eigenvalue weighted by atomic mass is 10.1. The molecule has 8 nitrogen and oxygen atoms in total. The van der Waals surface area contributed by atoms with Crippen LogP contribution in [-0.2, 0) is 9.53 Å². The summed E-state index contributed by atoms with van der Waals surface area (Å²) >= 11 is 1.48. The first-order chi connectivity index (χ1) is 16.2. The number of hydrogen-bond acceptors (Lipinski definition) is 8. The third-order valence-electron chi connectivity index (χ3n) is 4.70. The highest BCUT2D eigenvalue weighted by Crippen LogP contribution is 2.32. The monoisotopic (exact) mass is 456 g/mol. The minimum Gasteiger partial charge on any atom is -0.452 e. The lowest BCUT2D eigenvalue weighted by Crippen LogP contribution is -2.21. The first-order valence-electron chi connectivity index (χ1n) is 9.98. The van der Waals surface area contributed by atoms with Crippen LogP contribution in [0.15, 0.2) is 83.3 Å². The second-order valence-electron chi connectivity index (χ2n) is 6.94. The van der Waals surface area contributed by atoms with Crippen LogP contribution in [0.1, 0.15) is 10.4 Å². The Balaban J connectivity index is 1.25. The number of anilines is 1. The van der Waals surface area contributed by atoms with E-state index in [2.05, 4.69) is 20.5 Å². The Bertz CT molecular complexity index is 1410. The number of amides is 1. The van der Waals surface area contributed by atoms with Gasteiger partial charge in [-0.2, -0.15) is 0 Å². The Kier molecular flexibility index (Phi) is 5.61. The van der Waals surface area contributed by atoms with Crippen LogP contribution >= 0.6 is 11.3 Å². The van der Waals surface area contributed by atoms with E-state index in [9.17, 15) is 9.59 Å². The topological polar surface area (TPSA) is 107 Å². The molecule has 9 heteroatoms. The van der Waals surface area contributed by atoms with E-state index < -0.39 is 18.5 Å². The third-order valence-corrected chi connectivity index (χ3v) is 5.77. The zero-order valence-electron chi connectivity index (χ0n) is 17.1. The summed E-state index contributed by atoms with van der Waals surface area (Å²) in [4.78, 5) is 29.6. The lowest BCUT2D eigenvalue weighted by Gasteiger charge is -2.07. The van der Waals surface area contributed by atoms with E-state index in [0.717, 1.165) is 15.8 Å². The fraction of sp³-hybridized carbons (Fsp3) is 0.0417. The molecule has 162 valence electrons. The number of carbonyl (C=O) groups is 2. The van der Waals surface area contributed by atoms with Crippen molar-refractivity contribution in [3.8, 4) is 22.0 Å². The van der Waals surface area contributed by atoms with E-state index in [1.165, 1.54) is 11.3 Å². The van der Waals surface area contributed by atoms with Crippen molar-refractivity contribution >= 4 is 39.4 Å². The van der Waals surface area contributed by atoms with Crippen LogP contribution in [0.4, 0.5) is 6.01 Å². The van der Waals surface area contributed by atoms with Crippen LogP contribution in [0.3, 0.4) is 0 Å². The summed E-state index contributed by atoms with van der Waals surface area (Å²) in [6, 6.07) is 23.8. The van der Waals surface area contributed by atoms with Crippen molar-refractivity contribution < 1.29 is 18.7 Å². The molecule has 0 radical (unpaired) electrons. The van der Waals surface area contributed by atoms with Crippen molar-refractivity contribution in [3.05, 3.63) is 84.4 Å². The average Bonchev–Trinajstić information content (AvgIpc) is 3.50. The molecule has 33 heavy (non-hydrogen) atoms. The minimum atomic E-state index is -0.629. The molecule has 0 aliphatic rings. The molecule has 2 heterocycles. The molecule has 0 bridgehead atoms.